The lowest BCUT2D eigenvalue weighted by molar-refractivity contribution is -0.133. The van der Waals surface area contributed by atoms with E-state index < -0.39 is 24.0 Å². The minimum Gasteiger partial charge on any atom is -0.497 e. The Morgan fingerprint density at radius 3 is 2.26 bits per heavy atom. The van der Waals surface area contributed by atoms with Crippen LogP contribution in [0.1, 0.15) is 25.3 Å². The number of hydrogen-bond donors (Lipinski definition) is 5. The van der Waals surface area contributed by atoms with Crippen LogP contribution >= 0.6 is 0 Å². The summed E-state index contributed by atoms with van der Waals surface area (Å²) in [7, 11) is 1.47. The number of nitrogens with one attached hydrogen (secondary N) is 2. The van der Waals surface area contributed by atoms with E-state index in [1.807, 2.05) is 36.4 Å². The molecule has 2 aromatic carbocycles. The van der Waals surface area contributed by atoms with Gasteiger partial charge in [0.05, 0.1) is 24.2 Å². The van der Waals surface area contributed by atoms with Crippen molar-refractivity contribution in [2.75, 3.05) is 33.4 Å². The SMILES string of the molecule is COc1ccc(OC/C=C/CNC[C@H](O)COc2ccccc2)c(C2C(C(=O)O)=C(C)NC(C)=C2C(=O)O)c1. The fourth-order valence-corrected chi connectivity index (χ4v) is 4.27. The summed E-state index contributed by atoms with van der Waals surface area (Å²) in [6.07, 6.45) is 2.92. The van der Waals surface area contributed by atoms with Crippen molar-refractivity contribution in [3.63, 3.8) is 0 Å². The lowest BCUT2D eigenvalue weighted by Gasteiger charge is -2.30. The first kappa shape index (κ1) is 29.3. The molecule has 208 valence electrons. The van der Waals surface area contributed by atoms with Gasteiger partial charge in [0.25, 0.3) is 0 Å². The monoisotopic (exact) mass is 538 g/mol. The van der Waals surface area contributed by atoms with Gasteiger partial charge in [-0.05, 0) is 44.2 Å². The van der Waals surface area contributed by atoms with Crippen molar-refractivity contribution in [2.45, 2.75) is 25.9 Å². The van der Waals surface area contributed by atoms with Gasteiger partial charge in [0, 0.05) is 30.0 Å². The van der Waals surface area contributed by atoms with Crippen molar-refractivity contribution in [3.8, 4) is 17.2 Å². The van der Waals surface area contributed by atoms with E-state index in [-0.39, 0.29) is 24.4 Å². The summed E-state index contributed by atoms with van der Waals surface area (Å²) in [6, 6.07) is 14.2. The van der Waals surface area contributed by atoms with Crippen LogP contribution < -0.4 is 24.8 Å². The average Bonchev–Trinajstić information content (AvgIpc) is 2.91. The fourth-order valence-electron chi connectivity index (χ4n) is 4.27. The van der Waals surface area contributed by atoms with Crippen molar-refractivity contribution in [2.24, 2.45) is 0 Å². The highest BCUT2D eigenvalue weighted by Gasteiger charge is 2.38. The molecule has 10 nitrogen and oxygen atoms in total. The quantitative estimate of drug-likeness (QED) is 0.180. The zero-order chi connectivity index (χ0) is 28.4. The van der Waals surface area contributed by atoms with Crippen LogP contribution in [-0.2, 0) is 9.59 Å². The van der Waals surface area contributed by atoms with E-state index in [1.165, 1.54) is 7.11 Å². The molecule has 2 aromatic rings. The van der Waals surface area contributed by atoms with E-state index in [4.69, 9.17) is 14.2 Å². The smallest absolute Gasteiger partial charge is 0.334 e. The first-order chi connectivity index (χ1) is 18.7. The molecule has 0 radical (unpaired) electrons. The third-order valence-corrected chi connectivity index (χ3v) is 6.08. The molecular weight excluding hydrogens is 504 g/mol. The Morgan fingerprint density at radius 1 is 0.974 bits per heavy atom. The van der Waals surface area contributed by atoms with E-state index in [2.05, 4.69) is 10.6 Å². The second-order valence-corrected chi connectivity index (χ2v) is 8.87. The molecule has 0 saturated carbocycles. The predicted molar refractivity (Wildman–Crippen MR) is 145 cm³/mol. The van der Waals surface area contributed by atoms with E-state index in [0.29, 0.717) is 47.3 Å². The summed E-state index contributed by atoms with van der Waals surface area (Å²) >= 11 is 0. The molecule has 1 atom stereocenters. The zero-order valence-electron chi connectivity index (χ0n) is 22.1. The van der Waals surface area contributed by atoms with E-state index >= 15 is 0 Å². The minimum atomic E-state index is -1.23. The number of carbonyl (C=O) groups is 2. The van der Waals surface area contributed by atoms with Gasteiger partial charge >= 0.3 is 11.9 Å². The number of rotatable bonds is 14. The molecule has 0 spiro atoms. The van der Waals surface area contributed by atoms with E-state index in [9.17, 15) is 24.9 Å². The first-order valence-corrected chi connectivity index (χ1v) is 12.4. The molecule has 0 bridgehead atoms. The molecule has 0 fully saturated rings. The second kappa shape index (κ2) is 14.0. The molecule has 1 heterocycles. The number of aliphatic hydroxyl groups is 1. The molecule has 1 aliphatic rings. The number of aliphatic carboxylic acids is 2. The highest BCUT2D eigenvalue weighted by molar-refractivity contribution is 5.98. The van der Waals surface area contributed by atoms with Crippen LogP contribution in [0.3, 0.4) is 0 Å². The van der Waals surface area contributed by atoms with Crippen molar-refractivity contribution in [1.82, 2.24) is 10.6 Å². The zero-order valence-corrected chi connectivity index (χ0v) is 22.1. The maximum atomic E-state index is 12.2. The van der Waals surface area contributed by atoms with Crippen LogP contribution in [-0.4, -0.2) is 66.8 Å². The number of para-hydroxylation sites is 1. The van der Waals surface area contributed by atoms with Gasteiger partial charge in [0.1, 0.15) is 36.6 Å². The van der Waals surface area contributed by atoms with Gasteiger partial charge in [0.2, 0.25) is 0 Å². The fraction of sp³-hybridized carbons (Fsp3) is 0.310. The second-order valence-electron chi connectivity index (χ2n) is 8.87. The largest absolute Gasteiger partial charge is 0.497 e. The van der Waals surface area contributed by atoms with Crippen LogP contribution in [0.25, 0.3) is 0 Å². The maximum Gasteiger partial charge on any atom is 0.334 e. The Labute approximate surface area is 227 Å². The van der Waals surface area contributed by atoms with Crippen LogP contribution in [0, 0.1) is 0 Å². The summed E-state index contributed by atoms with van der Waals surface area (Å²) in [5, 5.41) is 35.9. The Bertz CT molecular complexity index is 1220. The normalized spacial score (nSPS) is 14.8. The highest BCUT2D eigenvalue weighted by atomic mass is 16.5. The summed E-state index contributed by atoms with van der Waals surface area (Å²) in [5.74, 6) is -2.06. The number of methoxy groups -OCH3 is 1. The molecule has 3 rings (SSSR count). The van der Waals surface area contributed by atoms with Gasteiger partial charge < -0.3 is 40.2 Å². The molecule has 10 heteroatoms. The van der Waals surface area contributed by atoms with E-state index in [1.54, 1.807) is 38.1 Å². The van der Waals surface area contributed by atoms with Crippen molar-refractivity contribution >= 4 is 11.9 Å². The summed E-state index contributed by atoms with van der Waals surface area (Å²) in [4.78, 5) is 24.4. The van der Waals surface area contributed by atoms with Gasteiger partial charge in [-0.2, -0.15) is 0 Å². The lowest BCUT2D eigenvalue weighted by Crippen LogP contribution is -2.31. The number of dihydropyridines is 1. The van der Waals surface area contributed by atoms with Crippen molar-refractivity contribution in [3.05, 3.63) is 88.8 Å². The van der Waals surface area contributed by atoms with Crippen molar-refractivity contribution < 1.29 is 39.1 Å². The van der Waals surface area contributed by atoms with Gasteiger partial charge in [0.15, 0.2) is 0 Å². The molecule has 0 aromatic heterocycles. The number of carboxylic acids is 2. The lowest BCUT2D eigenvalue weighted by atomic mass is 9.80. The van der Waals surface area contributed by atoms with Crippen LogP contribution in [0.4, 0.5) is 0 Å². The Balaban J connectivity index is 1.64. The minimum absolute atomic E-state index is 0.0781. The average molecular weight is 539 g/mol. The Kier molecular flexibility index (Phi) is 10.5. The molecule has 0 aliphatic carbocycles. The third kappa shape index (κ3) is 7.86. The summed E-state index contributed by atoms with van der Waals surface area (Å²) in [5.41, 5.74) is 0.922. The number of aliphatic hydroxyl groups excluding tert-OH is 1. The Hall–Kier alpha value is -4.28. The van der Waals surface area contributed by atoms with E-state index in [0.717, 1.165) is 0 Å². The molecular formula is C29H34N2O8. The topological polar surface area (TPSA) is 147 Å². The molecule has 0 amide bonds. The molecule has 1 aliphatic heterocycles. The summed E-state index contributed by atoms with van der Waals surface area (Å²) < 4.78 is 16.8. The number of ether oxygens (including phenoxy) is 3. The standard InChI is InChI=1S/C29H34N2O8/c1-18-25(28(33)34)27(26(29(35)36)19(2)31-18)23-15-22(37-3)11-12-24(23)38-14-8-7-13-30-16-20(32)17-39-21-9-5-4-6-10-21/h4-12,15,20,27,30-32H,13-14,16-17H2,1-3H3,(H,33,34)(H,35,36)/b8-7+/t20-/m0/s1. The number of benzene rings is 2. The molecule has 0 unspecified atom stereocenters. The molecule has 0 saturated heterocycles. The number of carboxylic acid groups (broad SMARTS) is 2. The summed E-state index contributed by atoms with van der Waals surface area (Å²) in [6.45, 7) is 4.33. The van der Waals surface area contributed by atoms with Crippen LogP contribution in [0.5, 0.6) is 17.2 Å². The van der Waals surface area contributed by atoms with Crippen molar-refractivity contribution in [1.29, 1.82) is 0 Å². The van der Waals surface area contributed by atoms with Crippen LogP contribution in [0.2, 0.25) is 0 Å². The number of hydrogen-bond acceptors (Lipinski definition) is 8. The number of allylic oxidation sites excluding steroid dienone is 2. The highest BCUT2D eigenvalue weighted by Crippen LogP contribution is 2.43. The van der Waals surface area contributed by atoms with Crippen LogP contribution in [0.15, 0.2) is 83.2 Å². The molecule has 39 heavy (non-hydrogen) atoms. The predicted octanol–water partition coefficient (Wildman–Crippen LogP) is 3.06. The maximum absolute atomic E-state index is 12.2. The Morgan fingerprint density at radius 2 is 1.64 bits per heavy atom. The van der Waals surface area contributed by atoms with Gasteiger partial charge in [-0.25, -0.2) is 9.59 Å². The van der Waals surface area contributed by atoms with Gasteiger partial charge in [-0.15, -0.1) is 0 Å². The van der Waals surface area contributed by atoms with Gasteiger partial charge in [-0.3, -0.25) is 0 Å². The first-order valence-electron chi connectivity index (χ1n) is 12.4. The molecule has 5 N–H and O–H groups in total. The third-order valence-electron chi connectivity index (χ3n) is 6.08. The van der Waals surface area contributed by atoms with Gasteiger partial charge in [-0.1, -0.05) is 30.4 Å².